The Kier molecular flexibility index (Phi) is 4.27. The van der Waals surface area contributed by atoms with Gasteiger partial charge in [0.2, 0.25) is 11.2 Å². The molecule has 0 amide bonds. The molecule has 0 N–H and O–H groups in total. The van der Waals surface area contributed by atoms with Crippen molar-refractivity contribution < 1.29 is 9.47 Å². The molecule has 8 nitrogen and oxygen atoms in total. The molecule has 0 aliphatic heterocycles. The van der Waals surface area contributed by atoms with Crippen LogP contribution in [-0.2, 0) is 0 Å². The van der Waals surface area contributed by atoms with E-state index < -0.39 is 0 Å². The van der Waals surface area contributed by atoms with Gasteiger partial charge in [0.15, 0.2) is 5.65 Å². The van der Waals surface area contributed by atoms with Gasteiger partial charge in [0.25, 0.3) is 0 Å². The summed E-state index contributed by atoms with van der Waals surface area (Å²) in [6.07, 6.45) is 3.25. The van der Waals surface area contributed by atoms with Crippen LogP contribution in [0.25, 0.3) is 16.8 Å². The molecule has 0 radical (unpaired) electrons. The van der Waals surface area contributed by atoms with Gasteiger partial charge >= 0.3 is 6.01 Å². The van der Waals surface area contributed by atoms with Crippen molar-refractivity contribution in [1.82, 2.24) is 29.8 Å². The van der Waals surface area contributed by atoms with E-state index in [-0.39, 0.29) is 11.3 Å². The van der Waals surface area contributed by atoms with Gasteiger partial charge in [-0.15, -0.1) is 15.3 Å². The fourth-order valence-electron chi connectivity index (χ4n) is 2.29. The zero-order valence-corrected chi connectivity index (χ0v) is 14.8. The zero-order chi connectivity index (χ0) is 18.1. The van der Waals surface area contributed by atoms with Gasteiger partial charge in [-0.25, -0.2) is 9.97 Å². The minimum atomic E-state index is 0.144. The first kappa shape index (κ1) is 16.5. The van der Waals surface area contributed by atoms with Crippen LogP contribution >= 0.6 is 23.2 Å². The highest BCUT2D eigenvalue weighted by molar-refractivity contribution is 6.31. The number of ether oxygens (including phenoxy) is 2. The Morgan fingerprint density at radius 2 is 1.81 bits per heavy atom. The molecule has 4 aromatic rings. The quantitative estimate of drug-likeness (QED) is 0.526. The summed E-state index contributed by atoms with van der Waals surface area (Å²) in [5.74, 6) is 0.844. The van der Waals surface area contributed by atoms with Crippen molar-refractivity contribution >= 4 is 28.8 Å². The number of fused-ring (bicyclic) bond motifs is 1. The van der Waals surface area contributed by atoms with Crippen LogP contribution in [-0.4, -0.2) is 36.9 Å². The highest BCUT2D eigenvalue weighted by atomic mass is 35.5. The maximum absolute atomic E-state index is 6.14. The summed E-state index contributed by atoms with van der Waals surface area (Å²) in [5, 5.41) is 12.6. The molecule has 1 aromatic carbocycles. The van der Waals surface area contributed by atoms with Gasteiger partial charge in [-0.2, -0.15) is 4.52 Å². The molecule has 0 aliphatic carbocycles. The van der Waals surface area contributed by atoms with Crippen LogP contribution in [0.15, 0.2) is 42.7 Å². The first-order chi connectivity index (χ1) is 12.6. The number of benzene rings is 1. The summed E-state index contributed by atoms with van der Waals surface area (Å²) in [4.78, 5) is 8.22. The van der Waals surface area contributed by atoms with Gasteiger partial charge < -0.3 is 9.47 Å². The van der Waals surface area contributed by atoms with E-state index in [4.69, 9.17) is 32.7 Å². The lowest BCUT2D eigenvalue weighted by atomic mass is 10.1. The molecule has 10 heteroatoms. The third kappa shape index (κ3) is 3.12. The smallest absolute Gasteiger partial charge is 0.316 e. The zero-order valence-electron chi connectivity index (χ0n) is 13.3. The van der Waals surface area contributed by atoms with Crippen LogP contribution < -0.4 is 9.47 Å². The first-order valence-electron chi connectivity index (χ1n) is 7.36. The Morgan fingerprint density at radius 3 is 2.58 bits per heavy atom. The van der Waals surface area contributed by atoms with Crippen LogP contribution in [0.3, 0.4) is 0 Å². The second kappa shape index (κ2) is 6.74. The highest BCUT2D eigenvalue weighted by Gasteiger charge is 2.12. The van der Waals surface area contributed by atoms with E-state index in [9.17, 15) is 0 Å². The molecule has 0 unspecified atom stereocenters. The van der Waals surface area contributed by atoms with E-state index >= 15 is 0 Å². The molecule has 130 valence electrons. The van der Waals surface area contributed by atoms with E-state index in [1.165, 1.54) is 11.6 Å². The average molecular weight is 389 g/mol. The Balaban J connectivity index is 1.74. The molecule has 3 heterocycles. The predicted molar refractivity (Wildman–Crippen MR) is 94.9 cm³/mol. The number of halogens is 2. The standard InChI is InChI=1S/C16H10Cl2N6O2/c1-25-16-19-7-9(8-20-16)11-6-10(17)2-3-12(11)26-14-5-4-13-21-22-15(18)24(13)23-14/h2-8H,1H3. The Bertz CT molecular complexity index is 1080. The monoisotopic (exact) mass is 388 g/mol. The molecule has 0 saturated heterocycles. The summed E-state index contributed by atoms with van der Waals surface area (Å²) in [7, 11) is 1.50. The SMILES string of the molecule is COc1ncc(-c2cc(Cl)ccc2Oc2ccc3nnc(Cl)n3n2)cn1. The largest absolute Gasteiger partial charge is 0.467 e. The first-order valence-corrected chi connectivity index (χ1v) is 8.11. The molecule has 3 aromatic heterocycles. The minimum Gasteiger partial charge on any atom is -0.467 e. The van der Waals surface area contributed by atoms with Crippen molar-refractivity contribution in [2.24, 2.45) is 0 Å². The Hall–Kier alpha value is -2.97. The van der Waals surface area contributed by atoms with Crippen molar-refractivity contribution in [2.45, 2.75) is 0 Å². The Morgan fingerprint density at radius 1 is 1.00 bits per heavy atom. The predicted octanol–water partition coefficient (Wildman–Crippen LogP) is 3.69. The third-order valence-corrected chi connectivity index (χ3v) is 3.95. The maximum atomic E-state index is 6.14. The van der Waals surface area contributed by atoms with Crippen LogP contribution in [0.1, 0.15) is 0 Å². The third-order valence-electron chi connectivity index (χ3n) is 3.48. The van der Waals surface area contributed by atoms with Gasteiger partial charge in [0.05, 0.1) is 7.11 Å². The second-order valence-electron chi connectivity index (χ2n) is 5.11. The van der Waals surface area contributed by atoms with Gasteiger partial charge in [-0.1, -0.05) is 11.6 Å². The van der Waals surface area contributed by atoms with Gasteiger partial charge in [-0.05, 0) is 35.9 Å². The fraction of sp³-hybridized carbons (Fsp3) is 0.0625. The van der Waals surface area contributed by atoms with Crippen molar-refractivity contribution in [1.29, 1.82) is 0 Å². The van der Waals surface area contributed by atoms with E-state index in [1.54, 1.807) is 42.7 Å². The van der Waals surface area contributed by atoms with Gasteiger partial charge in [0, 0.05) is 34.6 Å². The van der Waals surface area contributed by atoms with Gasteiger partial charge in [-0.3, -0.25) is 0 Å². The summed E-state index contributed by atoms with van der Waals surface area (Å²) >= 11 is 12.1. The molecule has 0 aliphatic rings. The molecule has 4 rings (SSSR count). The lowest BCUT2D eigenvalue weighted by Crippen LogP contribution is -1.97. The molecular formula is C16H10Cl2N6O2. The lowest BCUT2D eigenvalue weighted by molar-refractivity contribution is 0.380. The molecule has 0 fully saturated rings. The molecule has 26 heavy (non-hydrogen) atoms. The fourth-order valence-corrected chi connectivity index (χ4v) is 2.62. The molecule has 0 atom stereocenters. The van der Waals surface area contributed by atoms with E-state index in [0.29, 0.717) is 33.4 Å². The summed E-state index contributed by atoms with van der Waals surface area (Å²) in [6, 6.07) is 8.85. The van der Waals surface area contributed by atoms with Crippen LogP contribution in [0, 0.1) is 0 Å². The van der Waals surface area contributed by atoms with Crippen molar-refractivity contribution in [2.75, 3.05) is 7.11 Å². The van der Waals surface area contributed by atoms with E-state index in [1.807, 2.05) is 0 Å². The summed E-state index contributed by atoms with van der Waals surface area (Å²) in [6.45, 7) is 0. The Labute approximate surface area is 157 Å². The molecule has 0 bridgehead atoms. The van der Waals surface area contributed by atoms with E-state index in [0.717, 1.165) is 0 Å². The van der Waals surface area contributed by atoms with Crippen molar-refractivity contribution in [3.63, 3.8) is 0 Å². The summed E-state index contributed by atoms with van der Waals surface area (Å²) < 4.78 is 12.3. The number of hydrogen-bond donors (Lipinski definition) is 0. The minimum absolute atomic E-state index is 0.144. The molecule has 0 spiro atoms. The van der Waals surface area contributed by atoms with Gasteiger partial charge in [0.1, 0.15) is 5.75 Å². The topological polar surface area (TPSA) is 87.3 Å². The lowest BCUT2D eigenvalue weighted by Gasteiger charge is -2.11. The number of aromatic nitrogens is 6. The number of hydrogen-bond acceptors (Lipinski definition) is 7. The number of methoxy groups -OCH3 is 1. The van der Waals surface area contributed by atoms with Crippen LogP contribution in [0.2, 0.25) is 10.3 Å². The van der Waals surface area contributed by atoms with Crippen molar-refractivity contribution in [3.05, 3.63) is 53.0 Å². The second-order valence-corrected chi connectivity index (χ2v) is 5.89. The van der Waals surface area contributed by atoms with Crippen molar-refractivity contribution in [3.8, 4) is 28.8 Å². The number of rotatable bonds is 4. The maximum Gasteiger partial charge on any atom is 0.316 e. The summed E-state index contributed by atoms with van der Waals surface area (Å²) in [5.41, 5.74) is 1.94. The van der Waals surface area contributed by atoms with Crippen LogP contribution in [0.4, 0.5) is 0 Å². The molecule has 0 saturated carbocycles. The van der Waals surface area contributed by atoms with E-state index in [2.05, 4.69) is 25.3 Å². The highest BCUT2D eigenvalue weighted by Crippen LogP contribution is 2.34. The molecular weight excluding hydrogens is 379 g/mol. The normalized spacial score (nSPS) is 10.9. The average Bonchev–Trinajstić information content (AvgIpc) is 3.04. The number of nitrogens with zero attached hydrogens (tertiary/aromatic N) is 6. The van der Waals surface area contributed by atoms with Crippen LogP contribution in [0.5, 0.6) is 17.6 Å².